The van der Waals surface area contributed by atoms with E-state index in [-0.39, 0.29) is 29.4 Å². The molecule has 0 aliphatic carbocycles. The van der Waals surface area contributed by atoms with Crippen LogP contribution in [0.25, 0.3) is 4.96 Å². The zero-order valence-electron chi connectivity index (χ0n) is 16.7. The van der Waals surface area contributed by atoms with Crippen molar-refractivity contribution >= 4 is 22.2 Å². The van der Waals surface area contributed by atoms with Crippen molar-refractivity contribution in [2.45, 2.75) is 20.0 Å². The van der Waals surface area contributed by atoms with E-state index in [4.69, 9.17) is 4.74 Å². The van der Waals surface area contributed by atoms with Crippen LogP contribution in [0.3, 0.4) is 0 Å². The van der Waals surface area contributed by atoms with Crippen LogP contribution in [0, 0.1) is 6.92 Å². The number of carbonyl (C=O) groups excluding carboxylic acids is 1. The van der Waals surface area contributed by atoms with Gasteiger partial charge in [-0.1, -0.05) is 41.7 Å². The highest BCUT2D eigenvalue weighted by Gasteiger charge is 2.19. The van der Waals surface area contributed by atoms with Crippen molar-refractivity contribution in [1.82, 2.24) is 24.5 Å². The van der Waals surface area contributed by atoms with Crippen molar-refractivity contribution in [3.8, 4) is 5.75 Å². The average molecular weight is 423 g/mol. The van der Waals surface area contributed by atoms with Crippen LogP contribution in [0.15, 0.2) is 53.6 Å². The Labute approximate surface area is 176 Å². The topological polar surface area (TPSA) is 90.5 Å². The predicted molar refractivity (Wildman–Crippen MR) is 114 cm³/mol. The summed E-state index contributed by atoms with van der Waals surface area (Å²) in [5, 5.41) is 8.14. The third kappa shape index (κ3) is 4.25. The number of ether oxygens (including phenoxy) is 1. The van der Waals surface area contributed by atoms with Gasteiger partial charge in [0.05, 0.1) is 11.9 Å². The van der Waals surface area contributed by atoms with E-state index in [1.165, 1.54) is 17.4 Å². The van der Waals surface area contributed by atoms with Crippen molar-refractivity contribution in [2.24, 2.45) is 7.05 Å². The van der Waals surface area contributed by atoms with Gasteiger partial charge in [-0.25, -0.2) is 9.50 Å². The summed E-state index contributed by atoms with van der Waals surface area (Å²) in [6.45, 7) is 2.52. The third-order valence-electron chi connectivity index (χ3n) is 4.54. The Hall–Kier alpha value is -3.46. The number of fused-ring (bicyclic) bond motifs is 1. The number of aryl methyl sites for hydroxylation is 2. The van der Waals surface area contributed by atoms with Gasteiger partial charge < -0.3 is 14.6 Å². The van der Waals surface area contributed by atoms with Gasteiger partial charge in [0, 0.05) is 32.3 Å². The van der Waals surface area contributed by atoms with Gasteiger partial charge in [-0.2, -0.15) is 5.10 Å². The molecule has 0 aliphatic heterocycles. The maximum atomic E-state index is 12.8. The number of nitrogens with zero attached hydrogens (tertiary/aromatic N) is 4. The second-order valence-electron chi connectivity index (χ2n) is 6.83. The minimum atomic E-state index is -0.367. The third-order valence-corrected chi connectivity index (χ3v) is 5.38. The van der Waals surface area contributed by atoms with Crippen molar-refractivity contribution in [3.05, 3.63) is 81.0 Å². The summed E-state index contributed by atoms with van der Waals surface area (Å²) >= 11 is 1.52. The molecular formula is C21H21N5O3S. The SMILES string of the molecule is Cc1nn2cc(CCNC(=O)c3c(OCc4ccccc4)c(=O)ccn3C)nc2s1. The minimum Gasteiger partial charge on any atom is -0.483 e. The summed E-state index contributed by atoms with van der Waals surface area (Å²) in [6, 6.07) is 10.9. The van der Waals surface area contributed by atoms with Gasteiger partial charge in [0.25, 0.3) is 5.91 Å². The number of pyridine rings is 1. The number of nitrogens with one attached hydrogen (secondary N) is 1. The molecule has 4 aromatic rings. The molecule has 1 amide bonds. The summed E-state index contributed by atoms with van der Waals surface area (Å²) in [4.78, 5) is 30.5. The molecule has 0 saturated carbocycles. The van der Waals surface area contributed by atoms with Crippen LogP contribution >= 0.6 is 11.3 Å². The molecule has 1 aromatic carbocycles. The summed E-state index contributed by atoms with van der Waals surface area (Å²) in [7, 11) is 1.71. The van der Waals surface area contributed by atoms with Gasteiger partial charge in [0.15, 0.2) is 11.4 Å². The molecule has 3 aromatic heterocycles. The Balaban J connectivity index is 1.45. The molecule has 0 saturated heterocycles. The molecule has 4 rings (SSSR count). The number of aromatic nitrogens is 4. The van der Waals surface area contributed by atoms with Crippen molar-refractivity contribution < 1.29 is 9.53 Å². The van der Waals surface area contributed by atoms with Gasteiger partial charge >= 0.3 is 0 Å². The Morgan fingerprint density at radius 2 is 2.03 bits per heavy atom. The van der Waals surface area contributed by atoms with E-state index in [1.807, 2.05) is 43.5 Å². The maximum absolute atomic E-state index is 12.8. The van der Waals surface area contributed by atoms with Crippen LogP contribution in [0.4, 0.5) is 0 Å². The highest BCUT2D eigenvalue weighted by Crippen LogP contribution is 2.16. The van der Waals surface area contributed by atoms with Crippen LogP contribution in [-0.4, -0.2) is 31.6 Å². The van der Waals surface area contributed by atoms with Gasteiger partial charge in [0.1, 0.15) is 11.6 Å². The van der Waals surface area contributed by atoms with Gasteiger partial charge in [-0.3, -0.25) is 9.59 Å². The first-order chi connectivity index (χ1) is 14.5. The van der Waals surface area contributed by atoms with Crippen LogP contribution in [0.5, 0.6) is 5.75 Å². The number of imidazole rings is 1. The standard InChI is InChI=1S/C21H21N5O3S/c1-14-24-26-12-16(23-21(26)30-14)8-10-22-20(28)18-19(17(27)9-11-25(18)2)29-13-15-6-4-3-5-7-15/h3-7,9,11-12H,8,10,13H2,1-2H3,(H,22,28). The average Bonchev–Trinajstić information content (AvgIpc) is 3.26. The lowest BCUT2D eigenvalue weighted by Gasteiger charge is -2.14. The van der Waals surface area contributed by atoms with E-state index in [2.05, 4.69) is 15.4 Å². The number of hydrogen-bond acceptors (Lipinski definition) is 6. The fraction of sp³-hybridized carbons (Fsp3) is 0.238. The number of rotatable bonds is 7. The first-order valence-corrected chi connectivity index (χ1v) is 10.3. The summed E-state index contributed by atoms with van der Waals surface area (Å²) < 4.78 is 9.08. The summed E-state index contributed by atoms with van der Waals surface area (Å²) in [5.41, 5.74) is 1.63. The molecule has 0 spiro atoms. The molecule has 0 bridgehead atoms. The smallest absolute Gasteiger partial charge is 0.271 e. The Morgan fingerprint density at radius 1 is 1.23 bits per heavy atom. The number of amides is 1. The molecule has 9 heteroatoms. The van der Waals surface area contributed by atoms with Crippen molar-refractivity contribution in [3.63, 3.8) is 0 Å². The van der Waals surface area contributed by atoms with Crippen LogP contribution in [0.1, 0.15) is 26.8 Å². The van der Waals surface area contributed by atoms with E-state index >= 15 is 0 Å². The molecule has 0 atom stereocenters. The molecular weight excluding hydrogens is 402 g/mol. The van der Waals surface area contributed by atoms with E-state index in [1.54, 1.807) is 22.3 Å². The lowest BCUT2D eigenvalue weighted by atomic mass is 10.2. The lowest BCUT2D eigenvalue weighted by molar-refractivity contribution is 0.0939. The normalized spacial score (nSPS) is 11.0. The highest BCUT2D eigenvalue weighted by atomic mass is 32.1. The molecule has 0 radical (unpaired) electrons. The van der Waals surface area contributed by atoms with E-state index in [0.29, 0.717) is 13.0 Å². The molecule has 0 unspecified atom stereocenters. The zero-order chi connectivity index (χ0) is 21.1. The zero-order valence-corrected chi connectivity index (χ0v) is 17.5. The molecule has 1 N–H and O–H groups in total. The number of benzene rings is 1. The molecule has 30 heavy (non-hydrogen) atoms. The first kappa shape index (κ1) is 19.8. The van der Waals surface area contributed by atoms with Gasteiger partial charge in [-0.15, -0.1) is 0 Å². The Morgan fingerprint density at radius 3 is 2.80 bits per heavy atom. The number of hydrogen-bond donors (Lipinski definition) is 1. The molecule has 3 heterocycles. The van der Waals surface area contributed by atoms with E-state index in [0.717, 1.165) is 21.2 Å². The second kappa shape index (κ2) is 8.50. The van der Waals surface area contributed by atoms with E-state index in [9.17, 15) is 9.59 Å². The lowest BCUT2D eigenvalue weighted by Crippen LogP contribution is -2.30. The molecule has 154 valence electrons. The van der Waals surface area contributed by atoms with Crippen LogP contribution in [0.2, 0.25) is 0 Å². The number of carbonyl (C=O) groups is 1. The summed E-state index contributed by atoms with van der Waals surface area (Å²) in [5.74, 6) is -0.322. The summed E-state index contributed by atoms with van der Waals surface area (Å²) in [6.07, 6.45) is 3.98. The van der Waals surface area contributed by atoms with Crippen LogP contribution < -0.4 is 15.5 Å². The monoisotopic (exact) mass is 423 g/mol. The molecule has 8 nitrogen and oxygen atoms in total. The van der Waals surface area contributed by atoms with Gasteiger partial charge in [0.2, 0.25) is 10.4 Å². The first-order valence-electron chi connectivity index (χ1n) is 9.47. The quantitative estimate of drug-likeness (QED) is 0.493. The minimum absolute atomic E-state index is 0.0449. The molecule has 0 aliphatic rings. The van der Waals surface area contributed by atoms with Crippen molar-refractivity contribution in [1.29, 1.82) is 0 Å². The largest absolute Gasteiger partial charge is 0.483 e. The fourth-order valence-electron chi connectivity index (χ4n) is 3.09. The highest BCUT2D eigenvalue weighted by molar-refractivity contribution is 7.16. The Kier molecular flexibility index (Phi) is 5.62. The van der Waals surface area contributed by atoms with E-state index < -0.39 is 0 Å². The van der Waals surface area contributed by atoms with Crippen LogP contribution in [-0.2, 0) is 20.1 Å². The molecule has 0 fully saturated rings. The van der Waals surface area contributed by atoms with Crippen molar-refractivity contribution in [2.75, 3.05) is 6.54 Å². The maximum Gasteiger partial charge on any atom is 0.271 e. The fourth-order valence-corrected chi connectivity index (χ4v) is 3.84. The Bertz CT molecular complexity index is 1210. The van der Waals surface area contributed by atoms with Gasteiger partial charge in [-0.05, 0) is 12.5 Å². The predicted octanol–water partition coefficient (Wildman–Crippen LogP) is 2.35. The second-order valence-corrected chi connectivity index (χ2v) is 7.99.